The summed E-state index contributed by atoms with van der Waals surface area (Å²) >= 11 is 0. The first-order valence-corrected chi connectivity index (χ1v) is 13.4. The summed E-state index contributed by atoms with van der Waals surface area (Å²) < 4.78 is 19.8. The minimum absolute atomic E-state index is 0.0549. The van der Waals surface area contributed by atoms with Gasteiger partial charge in [0.1, 0.15) is 11.5 Å². The molecule has 0 aliphatic carbocycles. The van der Waals surface area contributed by atoms with E-state index in [0.717, 1.165) is 28.5 Å². The van der Waals surface area contributed by atoms with Gasteiger partial charge in [-0.25, -0.2) is 4.98 Å². The van der Waals surface area contributed by atoms with Crippen LogP contribution in [0.2, 0.25) is 0 Å². The first-order chi connectivity index (χ1) is 16.3. The first-order valence-electron chi connectivity index (χ1n) is 11.6. The molecule has 4 heterocycles. The Morgan fingerprint density at radius 2 is 2.03 bits per heavy atom. The maximum Gasteiger partial charge on any atom is 0.273 e. The van der Waals surface area contributed by atoms with Gasteiger partial charge in [0.2, 0.25) is 5.95 Å². The first kappa shape index (κ1) is 22.8. The number of nitrogens with zero attached hydrogens (tertiary/aromatic N) is 4. The Balaban J connectivity index is 1.38. The number of aromatic nitrogens is 3. The highest BCUT2D eigenvalue weighted by Gasteiger charge is 2.34. The number of nitrogens with one attached hydrogen (secondary N) is 2. The Bertz CT molecular complexity index is 1230. The Morgan fingerprint density at radius 1 is 1.21 bits per heavy atom. The van der Waals surface area contributed by atoms with E-state index in [1.54, 1.807) is 4.90 Å². The van der Waals surface area contributed by atoms with Crippen molar-refractivity contribution in [3.63, 3.8) is 0 Å². The average molecular weight is 483 g/mol. The third-order valence-electron chi connectivity index (χ3n) is 6.43. The predicted molar refractivity (Wildman–Crippen MR) is 135 cm³/mol. The van der Waals surface area contributed by atoms with Gasteiger partial charge in [-0.05, 0) is 43.9 Å². The van der Waals surface area contributed by atoms with E-state index in [2.05, 4.69) is 26.7 Å². The van der Waals surface area contributed by atoms with E-state index in [4.69, 9.17) is 4.98 Å². The number of anilines is 2. The Labute approximate surface area is 200 Å². The van der Waals surface area contributed by atoms with Gasteiger partial charge in [-0.3, -0.25) is 18.9 Å². The number of pyridine rings is 1. The van der Waals surface area contributed by atoms with Crippen LogP contribution in [0.1, 0.15) is 41.9 Å². The van der Waals surface area contributed by atoms with Gasteiger partial charge in [0.05, 0.1) is 12.1 Å². The van der Waals surface area contributed by atoms with Crippen molar-refractivity contribution in [2.24, 2.45) is 5.92 Å². The molecule has 1 atom stereocenters. The summed E-state index contributed by atoms with van der Waals surface area (Å²) in [4.78, 5) is 28.6. The van der Waals surface area contributed by atoms with Crippen LogP contribution in [0.3, 0.4) is 0 Å². The van der Waals surface area contributed by atoms with Gasteiger partial charge in [-0.15, -0.1) is 0 Å². The molecule has 2 aliphatic heterocycles. The Morgan fingerprint density at radius 3 is 2.79 bits per heavy atom. The number of carbonyl (C=O) groups is 1. The number of fused-ring (bicyclic) bond motifs is 2. The lowest BCUT2D eigenvalue weighted by Crippen LogP contribution is -2.31. The van der Waals surface area contributed by atoms with Gasteiger partial charge in [0, 0.05) is 47.8 Å². The molecule has 1 unspecified atom stereocenters. The van der Waals surface area contributed by atoms with E-state index in [9.17, 15) is 13.9 Å². The Kier molecular flexibility index (Phi) is 6.05. The van der Waals surface area contributed by atoms with Crippen molar-refractivity contribution in [3.05, 3.63) is 53.3 Å². The largest absolute Gasteiger partial charge is 0.365 e. The topological polar surface area (TPSA) is 124 Å². The van der Waals surface area contributed by atoms with Crippen LogP contribution in [0.5, 0.6) is 0 Å². The molecule has 1 aromatic carbocycles. The summed E-state index contributed by atoms with van der Waals surface area (Å²) in [6.45, 7) is 5.49. The second kappa shape index (κ2) is 9.01. The molecule has 5 rings (SSSR count). The molecule has 2 aliphatic rings. The van der Waals surface area contributed by atoms with Crippen molar-refractivity contribution in [1.29, 1.82) is 0 Å². The Hall–Kier alpha value is -2.95. The van der Waals surface area contributed by atoms with Crippen molar-refractivity contribution >= 4 is 39.2 Å². The summed E-state index contributed by atoms with van der Waals surface area (Å²) in [5, 5.41) is 7.70. The van der Waals surface area contributed by atoms with Crippen molar-refractivity contribution in [2.75, 3.05) is 28.7 Å². The molecule has 1 saturated heterocycles. The van der Waals surface area contributed by atoms with E-state index in [1.165, 1.54) is 0 Å². The van der Waals surface area contributed by atoms with Gasteiger partial charge in [0.15, 0.2) is 0 Å². The zero-order valence-electron chi connectivity index (χ0n) is 19.4. The summed E-state index contributed by atoms with van der Waals surface area (Å²) in [6.07, 6.45) is 2.60. The molecule has 1 amide bonds. The van der Waals surface area contributed by atoms with E-state index in [0.29, 0.717) is 48.6 Å². The van der Waals surface area contributed by atoms with Crippen molar-refractivity contribution < 1.29 is 13.9 Å². The third kappa shape index (κ3) is 4.66. The van der Waals surface area contributed by atoms with Crippen LogP contribution >= 0.6 is 10.6 Å². The highest BCUT2D eigenvalue weighted by molar-refractivity contribution is 8.24. The van der Waals surface area contributed by atoms with Crippen LogP contribution in [-0.4, -0.2) is 59.0 Å². The molecule has 10 heteroatoms. The maximum absolute atomic E-state index is 13.0. The SMILES string of the molecule is CC(C)N1Cc2c(NCc3cnc4ccccc4c3)nc(NCC3CCS(O)(O)C3)nc2C1=O. The number of amides is 1. The van der Waals surface area contributed by atoms with Crippen molar-refractivity contribution in [1.82, 2.24) is 19.9 Å². The molecule has 0 bridgehead atoms. The van der Waals surface area contributed by atoms with E-state index >= 15 is 0 Å². The molecular weight excluding hydrogens is 452 g/mol. The predicted octanol–water partition coefficient (Wildman–Crippen LogP) is 4.18. The number of para-hydroxylation sites is 1. The smallest absolute Gasteiger partial charge is 0.273 e. The molecule has 0 saturated carbocycles. The van der Waals surface area contributed by atoms with Gasteiger partial charge < -0.3 is 15.5 Å². The minimum Gasteiger partial charge on any atom is -0.365 e. The summed E-state index contributed by atoms with van der Waals surface area (Å²) in [6, 6.07) is 10.1. The standard InChI is InChI=1S/C24H30N6O3S/c1-15(2)30-13-19-21(23(30)31)28-24(27-10-16-7-8-34(32,33)14-16)29-22(19)26-12-17-9-18-5-3-4-6-20(18)25-11-17/h3-6,9,11,15-16,32-33H,7-8,10,12-14H2,1-2H3,(H2,26,27,28,29). The minimum atomic E-state index is -2.46. The summed E-state index contributed by atoms with van der Waals surface area (Å²) in [7, 11) is -2.46. The lowest BCUT2D eigenvalue weighted by Gasteiger charge is -2.26. The van der Waals surface area contributed by atoms with Crippen molar-refractivity contribution in [3.8, 4) is 0 Å². The van der Waals surface area contributed by atoms with Crippen LogP contribution in [0.25, 0.3) is 10.9 Å². The quantitative estimate of drug-likeness (QED) is 0.395. The summed E-state index contributed by atoms with van der Waals surface area (Å²) in [5.74, 6) is 1.89. The van der Waals surface area contributed by atoms with Crippen LogP contribution in [0.15, 0.2) is 36.5 Å². The number of carbonyl (C=O) groups excluding carboxylic acids is 1. The van der Waals surface area contributed by atoms with Crippen LogP contribution in [-0.2, 0) is 13.1 Å². The molecular formula is C24H30N6O3S. The van der Waals surface area contributed by atoms with Gasteiger partial charge >= 0.3 is 0 Å². The highest BCUT2D eigenvalue weighted by Crippen LogP contribution is 2.48. The number of benzene rings is 1. The second-order valence-corrected chi connectivity index (χ2v) is 11.7. The molecule has 3 aromatic rings. The van der Waals surface area contributed by atoms with Crippen molar-refractivity contribution in [2.45, 2.75) is 39.4 Å². The lowest BCUT2D eigenvalue weighted by molar-refractivity contribution is 0.0726. The number of rotatable bonds is 7. The molecule has 0 radical (unpaired) electrons. The zero-order valence-corrected chi connectivity index (χ0v) is 20.2. The fourth-order valence-corrected chi connectivity index (χ4v) is 6.44. The maximum atomic E-state index is 13.0. The van der Waals surface area contributed by atoms with E-state index in [-0.39, 0.29) is 17.9 Å². The van der Waals surface area contributed by atoms with Crippen LogP contribution in [0, 0.1) is 5.92 Å². The molecule has 9 nitrogen and oxygen atoms in total. The number of hydrogen-bond acceptors (Lipinski definition) is 8. The van der Waals surface area contributed by atoms with Gasteiger partial charge in [-0.2, -0.15) is 15.6 Å². The summed E-state index contributed by atoms with van der Waals surface area (Å²) in [5.41, 5.74) is 3.18. The van der Waals surface area contributed by atoms with E-state index < -0.39 is 10.6 Å². The number of hydrogen-bond donors (Lipinski definition) is 4. The molecule has 2 aromatic heterocycles. The lowest BCUT2D eigenvalue weighted by atomic mass is 10.1. The average Bonchev–Trinajstić information content (AvgIpc) is 3.34. The van der Waals surface area contributed by atoms with Gasteiger partial charge in [-0.1, -0.05) is 18.2 Å². The fourth-order valence-electron chi connectivity index (χ4n) is 4.53. The van der Waals surface area contributed by atoms with Crippen LogP contribution < -0.4 is 10.6 Å². The van der Waals surface area contributed by atoms with Crippen LogP contribution in [0.4, 0.5) is 11.8 Å². The zero-order chi connectivity index (χ0) is 23.9. The molecule has 0 spiro atoms. The molecule has 34 heavy (non-hydrogen) atoms. The fraction of sp³-hybridized carbons (Fsp3) is 0.417. The molecule has 180 valence electrons. The monoisotopic (exact) mass is 482 g/mol. The van der Waals surface area contributed by atoms with E-state index in [1.807, 2.05) is 44.3 Å². The molecule has 1 fully saturated rings. The second-order valence-electron chi connectivity index (χ2n) is 9.35. The highest BCUT2D eigenvalue weighted by atomic mass is 32.3. The normalized spacial score (nSPS) is 20.1. The molecule has 4 N–H and O–H groups in total. The van der Waals surface area contributed by atoms with Gasteiger partial charge in [0.25, 0.3) is 5.91 Å². The third-order valence-corrected chi connectivity index (χ3v) is 8.33.